The molecule has 0 saturated carbocycles. The number of nitrogens with zero attached hydrogens (tertiary/aromatic N) is 2. The van der Waals surface area contributed by atoms with Crippen LogP contribution in [0.15, 0.2) is 30.3 Å². The summed E-state index contributed by atoms with van der Waals surface area (Å²) in [7, 11) is 0. The maximum Gasteiger partial charge on any atom is 0.413 e. The maximum atomic E-state index is 11.4. The number of aromatic nitrogens is 2. The minimum Gasteiger partial charge on any atom is -0.445 e. The molecule has 1 aromatic carbocycles. The Hall–Kier alpha value is -1.08. The Morgan fingerprint density at radius 2 is 1.95 bits per heavy atom. The van der Waals surface area contributed by atoms with Gasteiger partial charge in [0.25, 0.3) is 0 Å². The number of hydrogen-bond acceptors (Lipinski definition) is 5. The molecule has 0 spiro atoms. The van der Waals surface area contributed by atoms with Crippen LogP contribution in [-0.2, 0) is 4.74 Å². The number of carbonyl (C=O) groups is 1. The zero-order valence-electron chi connectivity index (χ0n) is 9.85. The quantitative estimate of drug-likeness (QED) is 0.844. The smallest absolute Gasteiger partial charge is 0.413 e. The van der Waals surface area contributed by atoms with Crippen LogP contribution >= 0.6 is 46.1 Å². The molecule has 0 bridgehead atoms. The highest BCUT2D eigenvalue weighted by atomic mass is 35.6. The van der Waals surface area contributed by atoms with Crippen molar-refractivity contribution >= 4 is 57.4 Å². The van der Waals surface area contributed by atoms with Crippen molar-refractivity contribution in [1.82, 2.24) is 10.2 Å². The molecule has 5 nitrogen and oxygen atoms in total. The molecule has 9 heteroatoms. The van der Waals surface area contributed by atoms with Gasteiger partial charge in [-0.05, 0) is 0 Å². The monoisotopic (exact) mass is 351 g/mol. The minimum absolute atomic E-state index is 0.304. The van der Waals surface area contributed by atoms with E-state index >= 15 is 0 Å². The predicted octanol–water partition coefficient (Wildman–Crippen LogP) is 4.12. The van der Waals surface area contributed by atoms with Crippen molar-refractivity contribution < 1.29 is 9.53 Å². The summed E-state index contributed by atoms with van der Waals surface area (Å²) >= 11 is 17.6. The van der Waals surface area contributed by atoms with Gasteiger partial charge in [0.2, 0.25) is 8.92 Å². The third-order valence-electron chi connectivity index (χ3n) is 2.02. The normalized spacial score (nSPS) is 11.2. The molecule has 0 fully saturated rings. The second-order valence-electron chi connectivity index (χ2n) is 3.59. The molecule has 1 amide bonds. The van der Waals surface area contributed by atoms with E-state index in [0.29, 0.717) is 10.1 Å². The average molecular weight is 353 g/mol. The van der Waals surface area contributed by atoms with E-state index < -0.39 is 9.89 Å². The first-order valence-electron chi connectivity index (χ1n) is 5.33. The summed E-state index contributed by atoms with van der Waals surface area (Å²) in [6, 6.07) is 9.47. The fourth-order valence-electron chi connectivity index (χ4n) is 1.24. The van der Waals surface area contributed by atoms with Crippen LogP contribution in [0.25, 0.3) is 10.6 Å². The lowest BCUT2D eigenvalue weighted by Gasteiger charge is -2.10. The van der Waals surface area contributed by atoms with Gasteiger partial charge in [0.15, 0.2) is 0 Å². The number of nitrogens with one attached hydrogen (secondary N) is 1. The number of anilines is 1. The number of rotatable bonds is 3. The third-order valence-corrected chi connectivity index (χ3v) is 3.24. The van der Waals surface area contributed by atoms with Crippen LogP contribution in [0.5, 0.6) is 0 Å². The largest absolute Gasteiger partial charge is 0.445 e. The number of amides is 1. The van der Waals surface area contributed by atoms with Gasteiger partial charge in [0.1, 0.15) is 11.6 Å². The van der Waals surface area contributed by atoms with Gasteiger partial charge in [0.05, 0.1) is 0 Å². The Bertz CT molecular complexity index is 586. The van der Waals surface area contributed by atoms with Gasteiger partial charge < -0.3 is 4.74 Å². The fraction of sp³-hybridized carbons (Fsp3) is 0.182. The summed E-state index contributed by atoms with van der Waals surface area (Å²) in [5.74, 6) is 0. The molecule has 0 atom stereocenters. The lowest BCUT2D eigenvalue weighted by molar-refractivity contribution is 0.164. The number of alkyl halides is 3. The van der Waals surface area contributed by atoms with Crippen molar-refractivity contribution in [3.8, 4) is 10.6 Å². The molecule has 0 radical (unpaired) electrons. The first-order chi connectivity index (χ1) is 9.44. The van der Waals surface area contributed by atoms with E-state index in [2.05, 4.69) is 15.5 Å². The summed E-state index contributed by atoms with van der Waals surface area (Å²) < 4.78 is 3.07. The highest BCUT2D eigenvalue weighted by Crippen LogP contribution is 2.27. The summed E-state index contributed by atoms with van der Waals surface area (Å²) in [5, 5.41) is 11.2. The zero-order chi connectivity index (χ0) is 14.6. The molecule has 1 N–H and O–H groups in total. The molecular weight excluding hydrogens is 345 g/mol. The van der Waals surface area contributed by atoms with Crippen molar-refractivity contribution in [3.63, 3.8) is 0 Å². The molecule has 1 heterocycles. The van der Waals surface area contributed by atoms with Crippen LogP contribution < -0.4 is 5.32 Å². The molecule has 1 aromatic heterocycles. The van der Waals surface area contributed by atoms with Gasteiger partial charge in [-0.15, -0.1) is 10.2 Å². The Morgan fingerprint density at radius 1 is 1.25 bits per heavy atom. The van der Waals surface area contributed by atoms with Crippen molar-refractivity contribution in [2.45, 2.75) is 3.79 Å². The van der Waals surface area contributed by atoms with Gasteiger partial charge in [0, 0.05) is 5.56 Å². The van der Waals surface area contributed by atoms with Crippen LogP contribution in [0.1, 0.15) is 0 Å². The first-order valence-corrected chi connectivity index (χ1v) is 7.28. The number of carbonyl (C=O) groups excluding carboxylic acids is 1. The van der Waals surface area contributed by atoms with E-state index in [0.717, 1.165) is 5.56 Å². The number of benzene rings is 1. The molecule has 2 aromatic rings. The highest BCUT2D eigenvalue weighted by Gasteiger charge is 2.22. The highest BCUT2D eigenvalue weighted by molar-refractivity contribution is 7.18. The zero-order valence-corrected chi connectivity index (χ0v) is 12.9. The molecule has 0 aliphatic heterocycles. The van der Waals surface area contributed by atoms with Crippen LogP contribution in [-0.4, -0.2) is 26.7 Å². The lowest BCUT2D eigenvalue weighted by atomic mass is 10.2. The molecule has 0 aliphatic carbocycles. The van der Waals surface area contributed by atoms with Gasteiger partial charge >= 0.3 is 6.09 Å². The fourth-order valence-corrected chi connectivity index (χ4v) is 2.14. The molecule has 0 aliphatic rings. The number of halogens is 3. The summed E-state index contributed by atoms with van der Waals surface area (Å²) in [6.07, 6.45) is -0.757. The SMILES string of the molecule is O=C(Nc1nnc(-c2ccccc2)s1)OCC(Cl)(Cl)Cl. The molecule has 20 heavy (non-hydrogen) atoms. The van der Waals surface area contributed by atoms with Crippen LogP contribution in [0.3, 0.4) is 0 Å². The van der Waals surface area contributed by atoms with Crippen LogP contribution in [0.2, 0.25) is 0 Å². The van der Waals surface area contributed by atoms with Crippen LogP contribution in [0, 0.1) is 0 Å². The summed E-state index contributed by atoms with van der Waals surface area (Å²) in [4.78, 5) is 11.4. The molecule has 0 saturated heterocycles. The van der Waals surface area contributed by atoms with Gasteiger partial charge in [-0.2, -0.15) is 0 Å². The van der Waals surface area contributed by atoms with Gasteiger partial charge in [-0.1, -0.05) is 76.5 Å². The minimum atomic E-state index is -1.65. The molecule has 0 unspecified atom stereocenters. The van der Waals surface area contributed by atoms with E-state index in [4.69, 9.17) is 39.5 Å². The number of ether oxygens (including phenoxy) is 1. The van der Waals surface area contributed by atoms with Gasteiger partial charge in [-0.25, -0.2) is 4.79 Å². The molecular formula is C11H8Cl3N3O2S. The standard InChI is InChI=1S/C11H8Cl3N3O2S/c12-11(13,14)6-19-10(18)15-9-17-16-8(20-9)7-4-2-1-3-5-7/h1-5H,6H2,(H,15,17,18). The Balaban J connectivity index is 1.95. The predicted molar refractivity (Wildman–Crippen MR) is 80.6 cm³/mol. The molecule has 106 valence electrons. The number of hydrogen-bond donors (Lipinski definition) is 1. The third kappa shape index (κ3) is 4.79. The van der Waals surface area contributed by atoms with E-state index in [1.54, 1.807) is 0 Å². The topological polar surface area (TPSA) is 64.1 Å². The van der Waals surface area contributed by atoms with Crippen molar-refractivity contribution in [1.29, 1.82) is 0 Å². The van der Waals surface area contributed by atoms with Crippen molar-refractivity contribution in [3.05, 3.63) is 30.3 Å². The van der Waals surface area contributed by atoms with Gasteiger partial charge in [-0.3, -0.25) is 5.32 Å². The lowest BCUT2D eigenvalue weighted by Crippen LogP contribution is -2.21. The van der Waals surface area contributed by atoms with E-state index in [9.17, 15) is 4.79 Å². The first kappa shape index (κ1) is 15.3. The molecule has 2 rings (SSSR count). The Kier molecular flexibility index (Phi) is 5.04. The van der Waals surface area contributed by atoms with Crippen molar-refractivity contribution in [2.24, 2.45) is 0 Å². The van der Waals surface area contributed by atoms with E-state index in [1.807, 2.05) is 30.3 Å². The van der Waals surface area contributed by atoms with E-state index in [1.165, 1.54) is 11.3 Å². The average Bonchev–Trinajstić information content (AvgIpc) is 2.85. The second-order valence-corrected chi connectivity index (χ2v) is 7.09. The second kappa shape index (κ2) is 6.58. The maximum absolute atomic E-state index is 11.4. The Morgan fingerprint density at radius 3 is 2.60 bits per heavy atom. The van der Waals surface area contributed by atoms with Crippen LogP contribution in [0.4, 0.5) is 9.93 Å². The summed E-state index contributed by atoms with van der Waals surface area (Å²) in [5.41, 5.74) is 0.910. The van der Waals surface area contributed by atoms with E-state index in [-0.39, 0.29) is 6.61 Å². The van der Waals surface area contributed by atoms with Crippen molar-refractivity contribution in [2.75, 3.05) is 11.9 Å². The Labute approximate surface area is 133 Å². The summed E-state index contributed by atoms with van der Waals surface area (Å²) in [6.45, 7) is -0.353.